The predicted octanol–water partition coefficient (Wildman–Crippen LogP) is 5.03. The second-order valence-corrected chi connectivity index (χ2v) is 7.72. The van der Waals surface area contributed by atoms with Crippen LogP contribution in [0.1, 0.15) is 15.9 Å². The molecule has 7 nitrogen and oxygen atoms in total. The van der Waals surface area contributed by atoms with Crippen molar-refractivity contribution < 1.29 is 9.59 Å². The molecule has 31 heavy (non-hydrogen) atoms. The molecule has 0 saturated heterocycles. The summed E-state index contributed by atoms with van der Waals surface area (Å²) in [6.45, 7) is 0.340. The molecule has 3 aromatic rings. The number of rotatable bonds is 6. The van der Waals surface area contributed by atoms with Gasteiger partial charge >= 0.3 is 6.03 Å². The van der Waals surface area contributed by atoms with Crippen LogP contribution in [0.25, 0.3) is 0 Å². The van der Waals surface area contributed by atoms with Crippen LogP contribution in [0.5, 0.6) is 0 Å². The molecule has 2 aromatic carbocycles. The van der Waals surface area contributed by atoms with E-state index in [0.29, 0.717) is 33.5 Å². The van der Waals surface area contributed by atoms with Crippen molar-refractivity contribution >= 4 is 52.2 Å². The van der Waals surface area contributed by atoms with Crippen molar-refractivity contribution in [2.75, 3.05) is 29.6 Å². The van der Waals surface area contributed by atoms with E-state index in [9.17, 15) is 9.59 Å². The average molecular weight is 458 g/mol. The fourth-order valence-corrected chi connectivity index (χ4v) is 3.30. The molecule has 0 unspecified atom stereocenters. The van der Waals surface area contributed by atoms with Crippen molar-refractivity contribution in [2.45, 2.75) is 6.54 Å². The van der Waals surface area contributed by atoms with Crippen molar-refractivity contribution in [3.63, 3.8) is 0 Å². The first-order valence-corrected chi connectivity index (χ1v) is 10.1. The van der Waals surface area contributed by atoms with Crippen LogP contribution in [0.15, 0.2) is 60.9 Å². The average Bonchev–Trinajstić information content (AvgIpc) is 2.74. The van der Waals surface area contributed by atoms with Crippen molar-refractivity contribution in [3.05, 3.63) is 82.1 Å². The molecule has 0 spiro atoms. The van der Waals surface area contributed by atoms with Gasteiger partial charge in [-0.25, -0.2) is 4.79 Å². The molecule has 0 fully saturated rings. The van der Waals surface area contributed by atoms with Gasteiger partial charge in [0.05, 0.1) is 16.3 Å². The third-order valence-corrected chi connectivity index (χ3v) is 4.88. The fraction of sp³-hybridized carbons (Fsp3) is 0.136. The Morgan fingerprint density at radius 2 is 1.84 bits per heavy atom. The summed E-state index contributed by atoms with van der Waals surface area (Å²) in [5.41, 5.74) is 2.91. The van der Waals surface area contributed by atoms with Gasteiger partial charge in [-0.05, 0) is 48.0 Å². The zero-order valence-electron chi connectivity index (χ0n) is 16.9. The molecule has 0 aliphatic heterocycles. The molecule has 3 amide bonds. The van der Waals surface area contributed by atoms with E-state index in [1.807, 2.05) is 31.1 Å². The predicted molar refractivity (Wildman–Crippen MR) is 125 cm³/mol. The lowest BCUT2D eigenvalue weighted by atomic mass is 10.1. The first-order chi connectivity index (χ1) is 14.8. The minimum Gasteiger partial charge on any atom is -0.377 e. The van der Waals surface area contributed by atoms with Gasteiger partial charge in [-0.1, -0.05) is 29.3 Å². The van der Waals surface area contributed by atoms with Gasteiger partial charge < -0.3 is 20.9 Å². The zero-order chi connectivity index (χ0) is 22.4. The Balaban J connectivity index is 1.74. The van der Waals surface area contributed by atoms with Crippen molar-refractivity contribution in [1.82, 2.24) is 10.3 Å². The highest BCUT2D eigenvalue weighted by molar-refractivity contribution is 6.36. The molecule has 0 radical (unpaired) electrons. The molecule has 1 aromatic heterocycles. The summed E-state index contributed by atoms with van der Waals surface area (Å²) in [6.07, 6.45) is 3.37. The minimum atomic E-state index is -0.497. The van der Waals surface area contributed by atoms with E-state index >= 15 is 0 Å². The van der Waals surface area contributed by atoms with Crippen molar-refractivity contribution in [3.8, 4) is 0 Å². The monoisotopic (exact) mass is 457 g/mol. The number of hydrogen-bond acceptors (Lipinski definition) is 4. The number of halogens is 2. The molecule has 9 heteroatoms. The molecule has 160 valence electrons. The Morgan fingerprint density at radius 1 is 1.03 bits per heavy atom. The molecule has 3 N–H and O–H groups in total. The molecule has 0 aliphatic carbocycles. The Kier molecular flexibility index (Phi) is 7.33. The van der Waals surface area contributed by atoms with E-state index in [1.165, 1.54) is 6.07 Å². The van der Waals surface area contributed by atoms with E-state index in [4.69, 9.17) is 23.2 Å². The van der Waals surface area contributed by atoms with Crippen LogP contribution < -0.4 is 20.9 Å². The van der Waals surface area contributed by atoms with Gasteiger partial charge in [-0.3, -0.25) is 9.78 Å². The number of nitrogens with one attached hydrogen (secondary N) is 3. The number of benzene rings is 2. The topological polar surface area (TPSA) is 86.4 Å². The third kappa shape index (κ3) is 6.10. The van der Waals surface area contributed by atoms with Crippen LogP contribution in [0, 0.1) is 0 Å². The highest BCUT2D eigenvalue weighted by Crippen LogP contribution is 2.26. The normalized spacial score (nSPS) is 10.3. The standard InChI is InChI=1S/C22H21Cl2N5O2/c1-29(2)20-8-6-16(27-22(31)28-19-7-5-15(23)10-18(19)24)11-17(20)21(30)26-13-14-4-3-9-25-12-14/h3-12H,13H2,1-2H3,(H,26,30)(H2,27,28,31). The highest BCUT2D eigenvalue weighted by Gasteiger charge is 2.15. The largest absolute Gasteiger partial charge is 0.377 e. The van der Waals surface area contributed by atoms with Crippen molar-refractivity contribution in [2.24, 2.45) is 0 Å². The quantitative estimate of drug-likeness (QED) is 0.484. The number of urea groups is 1. The van der Waals surface area contributed by atoms with E-state index < -0.39 is 6.03 Å². The lowest BCUT2D eigenvalue weighted by Crippen LogP contribution is -2.26. The van der Waals surface area contributed by atoms with Crippen LogP contribution in [0.3, 0.4) is 0 Å². The van der Waals surface area contributed by atoms with Crippen LogP contribution >= 0.6 is 23.2 Å². The summed E-state index contributed by atoms with van der Waals surface area (Å²) in [4.78, 5) is 31.1. The van der Waals surface area contributed by atoms with Crippen LogP contribution in [-0.2, 0) is 6.54 Å². The van der Waals surface area contributed by atoms with Crippen LogP contribution in [0.2, 0.25) is 10.0 Å². The maximum absolute atomic E-state index is 12.8. The lowest BCUT2D eigenvalue weighted by Gasteiger charge is -2.19. The Morgan fingerprint density at radius 3 is 2.52 bits per heavy atom. The zero-order valence-corrected chi connectivity index (χ0v) is 18.5. The fourth-order valence-electron chi connectivity index (χ4n) is 2.84. The molecular formula is C22H21Cl2N5O2. The number of carbonyl (C=O) groups is 2. The molecular weight excluding hydrogens is 437 g/mol. The summed E-state index contributed by atoms with van der Waals surface area (Å²) in [5, 5.41) is 9.05. The lowest BCUT2D eigenvalue weighted by molar-refractivity contribution is 0.0951. The van der Waals surface area contributed by atoms with Gasteiger partial charge in [-0.15, -0.1) is 0 Å². The first kappa shape index (κ1) is 22.4. The van der Waals surface area contributed by atoms with Gasteiger partial charge in [0.15, 0.2) is 0 Å². The van der Waals surface area contributed by atoms with Gasteiger partial charge in [0.1, 0.15) is 0 Å². The number of anilines is 3. The molecule has 0 atom stereocenters. The molecule has 0 saturated carbocycles. The smallest absolute Gasteiger partial charge is 0.323 e. The molecule has 0 bridgehead atoms. The SMILES string of the molecule is CN(C)c1ccc(NC(=O)Nc2ccc(Cl)cc2Cl)cc1C(=O)NCc1cccnc1. The Bertz CT molecular complexity index is 1090. The number of pyridine rings is 1. The Hall–Kier alpha value is -3.29. The van der Waals surface area contributed by atoms with E-state index in [0.717, 1.165) is 11.3 Å². The van der Waals surface area contributed by atoms with Gasteiger partial charge in [0, 0.05) is 49.4 Å². The van der Waals surface area contributed by atoms with Gasteiger partial charge in [0.25, 0.3) is 5.91 Å². The maximum atomic E-state index is 12.8. The van der Waals surface area contributed by atoms with E-state index in [1.54, 1.807) is 42.7 Å². The maximum Gasteiger partial charge on any atom is 0.323 e. The summed E-state index contributed by atoms with van der Waals surface area (Å²) in [6, 6.07) is 13.1. The number of carbonyl (C=O) groups excluding carboxylic acids is 2. The molecule has 3 rings (SSSR count). The minimum absolute atomic E-state index is 0.266. The van der Waals surface area contributed by atoms with Crippen molar-refractivity contribution in [1.29, 1.82) is 0 Å². The number of hydrogen-bond donors (Lipinski definition) is 3. The van der Waals surface area contributed by atoms with Gasteiger partial charge in [-0.2, -0.15) is 0 Å². The van der Waals surface area contributed by atoms with Gasteiger partial charge in [0.2, 0.25) is 0 Å². The summed E-state index contributed by atoms with van der Waals surface area (Å²) >= 11 is 12.0. The Labute approximate surface area is 190 Å². The molecule has 1 heterocycles. The molecule has 0 aliphatic rings. The van der Waals surface area contributed by atoms with E-state index in [2.05, 4.69) is 20.9 Å². The summed E-state index contributed by atoms with van der Waals surface area (Å²) < 4.78 is 0. The second kappa shape index (κ2) is 10.1. The van der Waals surface area contributed by atoms with E-state index in [-0.39, 0.29) is 5.91 Å². The summed E-state index contributed by atoms with van der Waals surface area (Å²) in [5.74, 6) is -0.266. The number of nitrogens with zero attached hydrogens (tertiary/aromatic N) is 2. The van der Waals surface area contributed by atoms with Crippen LogP contribution in [-0.4, -0.2) is 31.0 Å². The second-order valence-electron chi connectivity index (χ2n) is 6.87. The number of aromatic nitrogens is 1. The highest BCUT2D eigenvalue weighted by atomic mass is 35.5. The summed E-state index contributed by atoms with van der Waals surface area (Å²) in [7, 11) is 3.69. The van der Waals surface area contributed by atoms with Crippen LogP contribution in [0.4, 0.5) is 21.9 Å². The number of amides is 3. The third-order valence-electron chi connectivity index (χ3n) is 4.34. The first-order valence-electron chi connectivity index (χ1n) is 9.35.